The highest BCUT2D eigenvalue weighted by Gasteiger charge is 2.24. The van der Waals surface area contributed by atoms with Crippen LogP contribution >= 0.6 is 27.3 Å². The first kappa shape index (κ1) is 17.6. The molecule has 136 valence electrons. The molecule has 2 aromatic heterocycles. The highest BCUT2D eigenvalue weighted by molar-refractivity contribution is 9.10. The molecule has 1 aliphatic heterocycles. The van der Waals surface area contributed by atoms with Crippen LogP contribution in [-0.2, 0) is 6.54 Å². The summed E-state index contributed by atoms with van der Waals surface area (Å²) in [4.78, 5) is 2.25. The van der Waals surface area contributed by atoms with Crippen LogP contribution in [0.25, 0.3) is 10.6 Å². The third-order valence-electron chi connectivity index (χ3n) is 4.79. The number of aryl methyl sites for hydroxylation is 1. The Morgan fingerprint density at radius 2 is 2.08 bits per heavy atom. The molecule has 0 radical (unpaired) electrons. The van der Waals surface area contributed by atoms with Crippen LogP contribution in [0.5, 0.6) is 0 Å². The zero-order valence-electron chi connectivity index (χ0n) is 14.4. The highest BCUT2D eigenvalue weighted by Crippen LogP contribution is 2.35. The second-order valence-corrected chi connectivity index (χ2v) is 8.28. The molecule has 0 N–H and O–H groups in total. The lowest BCUT2D eigenvalue weighted by Gasteiger charge is -2.30. The van der Waals surface area contributed by atoms with Crippen LogP contribution < -0.4 is 4.90 Å². The molecule has 5 nitrogen and oxygen atoms in total. The van der Waals surface area contributed by atoms with E-state index in [0.29, 0.717) is 16.5 Å². The van der Waals surface area contributed by atoms with Gasteiger partial charge in [-0.15, -0.1) is 10.2 Å². The number of piperidine rings is 1. The molecule has 0 unspecified atom stereocenters. The van der Waals surface area contributed by atoms with Gasteiger partial charge in [-0.05, 0) is 49.4 Å². The van der Waals surface area contributed by atoms with Crippen LogP contribution in [0.2, 0.25) is 0 Å². The Kier molecular flexibility index (Phi) is 5.04. The molecule has 1 aromatic carbocycles. The minimum absolute atomic E-state index is 0.275. The Bertz CT molecular complexity index is 901. The van der Waals surface area contributed by atoms with E-state index in [0.717, 1.165) is 42.1 Å². The fourth-order valence-corrected chi connectivity index (χ4v) is 4.56. The summed E-state index contributed by atoms with van der Waals surface area (Å²) in [7, 11) is 0. The van der Waals surface area contributed by atoms with Crippen molar-refractivity contribution in [3.8, 4) is 10.6 Å². The number of hydrogen-bond donors (Lipinski definition) is 0. The highest BCUT2D eigenvalue weighted by atomic mass is 79.9. The molecule has 1 fully saturated rings. The molecular formula is C18H19BrFN5S. The molecule has 0 amide bonds. The predicted octanol–water partition coefficient (Wildman–Crippen LogP) is 4.71. The number of anilines is 1. The van der Waals surface area contributed by atoms with Crippen molar-refractivity contribution in [1.29, 1.82) is 0 Å². The summed E-state index contributed by atoms with van der Waals surface area (Å²) in [5.74, 6) is 0.268. The van der Waals surface area contributed by atoms with E-state index in [4.69, 9.17) is 0 Å². The molecule has 0 bridgehead atoms. The van der Waals surface area contributed by atoms with E-state index in [1.807, 2.05) is 10.9 Å². The average molecular weight is 436 g/mol. The summed E-state index contributed by atoms with van der Waals surface area (Å²) in [6, 6.07) is 4.88. The number of aromatic nitrogens is 4. The topological polar surface area (TPSA) is 46.8 Å². The Balaban J connectivity index is 1.45. The minimum atomic E-state index is -0.275. The lowest BCUT2D eigenvalue weighted by Crippen LogP contribution is -2.32. The van der Waals surface area contributed by atoms with Gasteiger partial charge in [0.15, 0.2) is 5.01 Å². The molecule has 3 heterocycles. The minimum Gasteiger partial charge on any atom is -0.347 e. The van der Waals surface area contributed by atoms with E-state index in [9.17, 15) is 4.39 Å². The van der Waals surface area contributed by atoms with Crippen LogP contribution in [0.3, 0.4) is 0 Å². The molecule has 4 rings (SSSR count). The standard InChI is InChI=1S/C18H19BrFN5S/c1-2-25-11-13(10-21-25)12-5-7-24(8-6-12)18-23-22-17(26-18)15-9-14(19)3-4-16(15)20/h3-4,9-12H,2,5-8H2,1H3. The van der Waals surface area contributed by atoms with Crippen molar-refractivity contribution >= 4 is 32.4 Å². The van der Waals surface area contributed by atoms with Crippen LogP contribution in [0.15, 0.2) is 35.1 Å². The second-order valence-electron chi connectivity index (χ2n) is 6.40. The Labute approximate surface area is 164 Å². The fourth-order valence-electron chi connectivity index (χ4n) is 3.28. The lowest BCUT2D eigenvalue weighted by atomic mass is 9.92. The third-order valence-corrected chi connectivity index (χ3v) is 6.30. The summed E-state index contributed by atoms with van der Waals surface area (Å²) in [6.07, 6.45) is 6.27. The lowest BCUT2D eigenvalue weighted by molar-refractivity contribution is 0.503. The van der Waals surface area contributed by atoms with Gasteiger partial charge < -0.3 is 4.90 Å². The Morgan fingerprint density at radius 1 is 1.27 bits per heavy atom. The SMILES string of the molecule is CCn1cc(C2CCN(c3nnc(-c4cc(Br)ccc4F)s3)CC2)cn1. The molecule has 1 saturated heterocycles. The molecule has 1 aliphatic rings. The van der Waals surface area contributed by atoms with Crippen molar-refractivity contribution in [2.75, 3.05) is 18.0 Å². The number of nitrogens with zero attached hydrogens (tertiary/aromatic N) is 5. The van der Waals surface area contributed by atoms with Gasteiger partial charge in [-0.25, -0.2) is 4.39 Å². The second kappa shape index (κ2) is 7.44. The number of hydrogen-bond acceptors (Lipinski definition) is 5. The normalized spacial score (nSPS) is 15.6. The number of rotatable bonds is 4. The Morgan fingerprint density at radius 3 is 2.81 bits per heavy atom. The van der Waals surface area contributed by atoms with Gasteiger partial charge in [0.05, 0.1) is 6.20 Å². The summed E-state index contributed by atoms with van der Waals surface area (Å²) in [5.41, 5.74) is 1.81. The number of benzene rings is 1. The van der Waals surface area contributed by atoms with Crippen molar-refractivity contribution in [3.05, 3.63) is 46.4 Å². The molecule has 0 spiro atoms. The third kappa shape index (κ3) is 3.53. The summed E-state index contributed by atoms with van der Waals surface area (Å²) in [5, 5.41) is 14.4. The first-order chi connectivity index (χ1) is 12.6. The van der Waals surface area contributed by atoms with Crippen molar-refractivity contribution in [1.82, 2.24) is 20.0 Å². The maximum atomic E-state index is 14.1. The van der Waals surface area contributed by atoms with Crippen LogP contribution in [0.1, 0.15) is 31.2 Å². The summed E-state index contributed by atoms with van der Waals surface area (Å²) >= 11 is 4.83. The van der Waals surface area contributed by atoms with Gasteiger partial charge in [0.2, 0.25) is 5.13 Å². The maximum Gasteiger partial charge on any atom is 0.208 e. The van der Waals surface area contributed by atoms with Gasteiger partial charge in [0.1, 0.15) is 5.82 Å². The van der Waals surface area contributed by atoms with E-state index in [1.54, 1.807) is 12.1 Å². The molecule has 3 aromatic rings. The summed E-state index contributed by atoms with van der Waals surface area (Å²) in [6.45, 7) is 4.86. The van der Waals surface area contributed by atoms with Gasteiger partial charge >= 0.3 is 0 Å². The first-order valence-electron chi connectivity index (χ1n) is 8.70. The molecular weight excluding hydrogens is 417 g/mol. The van der Waals surface area contributed by atoms with E-state index in [2.05, 4.69) is 49.2 Å². The van der Waals surface area contributed by atoms with Crippen molar-refractivity contribution in [2.45, 2.75) is 32.2 Å². The van der Waals surface area contributed by atoms with E-state index >= 15 is 0 Å². The maximum absolute atomic E-state index is 14.1. The van der Waals surface area contributed by atoms with Crippen LogP contribution in [0, 0.1) is 5.82 Å². The van der Waals surface area contributed by atoms with E-state index < -0.39 is 0 Å². The average Bonchev–Trinajstić information content (AvgIpc) is 3.33. The van der Waals surface area contributed by atoms with Crippen molar-refractivity contribution < 1.29 is 4.39 Å². The zero-order valence-corrected chi connectivity index (χ0v) is 16.8. The van der Waals surface area contributed by atoms with Crippen LogP contribution in [0.4, 0.5) is 9.52 Å². The Hall–Kier alpha value is -1.80. The van der Waals surface area contributed by atoms with Gasteiger partial charge in [0, 0.05) is 35.9 Å². The fraction of sp³-hybridized carbons (Fsp3) is 0.389. The quantitative estimate of drug-likeness (QED) is 0.595. The van der Waals surface area contributed by atoms with E-state index in [-0.39, 0.29) is 5.82 Å². The molecule has 8 heteroatoms. The van der Waals surface area contributed by atoms with E-state index in [1.165, 1.54) is 23.0 Å². The van der Waals surface area contributed by atoms with Crippen molar-refractivity contribution in [3.63, 3.8) is 0 Å². The number of halogens is 2. The van der Waals surface area contributed by atoms with Gasteiger partial charge in [-0.1, -0.05) is 27.3 Å². The predicted molar refractivity (Wildman–Crippen MR) is 105 cm³/mol. The van der Waals surface area contributed by atoms with Gasteiger partial charge in [0.25, 0.3) is 0 Å². The van der Waals surface area contributed by atoms with Crippen LogP contribution in [-0.4, -0.2) is 33.1 Å². The zero-order chi connectivity index (χ0) is 18.1. The molecule has 0 saturated carbocycles. The molecule has 26 heavy (non-hydrogen) atoms. The van der Waals surface area contributed by atoms with Crippen molar-refractivity contribution in [2.24, 2.45) is 0 Å². The van der Waals surface area contributed by atoms with Gasteiger partial charge in [-0.3, -0.25) is 4.68 Å². The summed E-state index contributed by atoms with van der Waals surface area (Å²) < 4.78 is 16.9. The monoisotopic (exact) mass is 435 g/mol. The first-order valence-corrected chi connectivity index (χ1v) is 10.3. The van der Waals surface area contributed by atoms with Gasteiger partial charge in [-0.2, -0.15) is 5.10 Å². The largest absolute Gasteiger partial charge is 0.347 e. The molecule has 0 atom stereocenters. The molecule has 0 aliphatic carbocycles. The smallest absolute Gasteiger partial charge is 0.208 e.